The summed E-state index contributed by atoms with van der Waals surface area (Å²) in [6, 6.07) is -0.000000000000000444. The van der Waals surface area contributed by atoms with Gasteiger partial charge in [-0.15, -0.1) is 0 Å². The number of hydrogen-bond acceptors (Lipinski definition) is 3. The SMILES string of the molecule is NC1CC(O)C(O)C1. The Morgan fingerprint density at radius 3 is 1.62 bits per heavy atom. The zero-order valence-electron chi connectivity index (χ0n) is 4.62. The molecule has 8 heavy (non-hydrogen) atoms. The quantitative estimate of drug-likeness (QED) is 0.374. The number of nitrogens with two attached hydrogens (primary N) is 1. The van der Waals surface area contributed by atoms with Gasteiger partial charge in [0.2, 0.25) is 0 Å². The van der Waals surface area contributed by atoms with E-state index in [-0.39, 0.29) is 6.04 Å². The molecule has 1 rings (SSSR count). The summed E-state index contributed by atoms with van der Waals surface area (Å²) < 4.78 is 0. The van der Waals surface area contributed by atoms with Crippen LogP contribution in [-0.2, 0) is 0 Å². The fourth-order valence-corrected chi connectivity index (χ4v) is 1.03. The van der Waals surface area contributed by atoms with Crippen LogP contribution in [0.4, 0.5) is 0 Å². The molecule has 1 saturated carbocycles. The van der Waals surface area contributed by atoms with E-state index in [0.717, 1.165) is 0 Å². The molecule has 0 spiro atoms. The van der Waals surface area contributed by atoms with Crippen LogP contribution in [0.3, 0.4) is 0 Å². The minimum atomic E-state index is -0.579. The second-order valence-electron chi connectivity index (χ2n) is 2.37. The van der Waals surface area contributed by atoms with Crippen LogP contribution < -0.4 is 5.73 Å². The molecule has 0 amide bonds. The molecule has 0 radical (unpaired) electrons. The van der Waals surface area contributed by atoms with Crippen LogP contribution in [-0.4, -0.2) is 28.5 Å². The molecule has 2 atom stereocenters. The van der Waals surface area contributed by atoms with Crippen molar-refractivity contribution in [3.05, 3.63) is 0 Å². The summed E-state index contributed by atoms with van der Waals surface area (Å²) in [6.45, 7) is 0. The molecule has 0 aliphatic heterocycles. The molecule has 0 aromatic carbocycles. The predicted molar refractivity (Wildman–Crippen MR) is 29.2 cm³/mol. The van der Waals surface area contributed by atoms with E-state index in [1.54, 1.807) is 0 Å². The third-order valence-corrected chi connectivity index (χ3v) is 1.53. The first-order chi connectivity index (χ1) is 3.70. The average Bonchev–Trinajstić information content (AvgIpc) is 1.85. The van der Waals surface area contributed by atoms with Crippen molar-refractivity contribution >= 4 is 0 Å². The highest BCUT2D eigenvalue weighted by Crippen LogP contribution is 2.17. The Kier molecular flexibility index (Phi) is 1.51. The molecule has 3 nitrogen and oxygen atoms in total. The van der Waals surface area contributed by atoms with Gasteiger partial charge in [-0.2, -0.15) is 0 Å². The summed E-state index contributed by atoms with van der Waals surface area (Å²) in [4.78, 5) is 0. The van der Waals surface area contributed by atoms with E-state index in [2.05, 4.69) is 0 Å². The minimum Gasteiger partial charge on any atom is -0.390 e. The van der Waals surface area contributed by atoms with Gasteiger partial charge in [-0.25, -0.2) is 0 Å². The van der Waals surface area contributed by atoms with Gasteiger partial charge in [-0.05, 0) is 12.8 Å². The molecule has 1 aliphatic carbocycles. The molecular formula is C5H11NO2. The van der Waals surface area contributed by atoms with E-state index in [9.17, 15) is 0 Å². The van der Waals surface area contributed by atoms with Crippen LogP contribution in [0.25, 0.3) is 0 Å². The Labute approximate surface area is 48.1 Å². The Hall–Kier alpha value is -0.120. The second kappa shape index (κ2) is 2.01. The normalized spacial score (nSPS) is 47.6. The van der Waals surface area contributed by atoms with Gasteiger partial charge < -0.3 is 15.9 Å². The maximum atomic E-state index is 8.84. The van der Waals surface area contributed by atoms with Crippen molar-refractivity contribution in [3.63, 3.8) is 0 Å². The summed E-state index contributed by atoms with van der Waals surface area (Å²) in [6.07, 6.45) is -0.0718. The van der Waals surface area contributed by atoms with Crippen molar-refractivity contribution in [1.82, 2.24) is 0 Å². The highest BCUT2D eigenvalue weighted by molar-refractivity contribution is 4.84. The summed E-state index contributed by atoms with van der Waals surface area (Å²) in [5.41, 5.74) is 5.40. The number of rotatable bonds is 0. The molecule has 0 heterocycles. The van der Waals surface area contributed by atoms with Crippen LogP contribution in [0.2, 0.25) is 0 Å². The lowest BCUT2D eigenvalue weighted by Crippen LogP contribution is -2.17. The zero-order chi connectivity index (χ0) is 6.15. The first-order valence-corrected chi connectivity index (χ1v) is 2.82. The lowest BCUT2D eigenvalue weighted by atomic mass is 10.3. The summed E-state index contributed by atoms with van der Waals surface area (Å²) >= 11 is 0. The maximum Gasteiger partial charge on any atom is 0.0814 e. The fourth-order valence-electron chi connectivity index (χ4n) is 1.03. The van der Waals surface area contributed by atoms with E-state index in [4.69, 9.17) is 15.9 Å². The third-order valence-electron chi connectivity index (χ3n) is 1.53. The summed E-state index contributed by atoms with van der Waals surface area (Å²) in [5.74, 6) is 0. The lowest BCUT2D eigenvalue weighted by molar-refractivity contribution is 0.0438. The monoisotopic (exact) mass is 117 g/mol. The van der Waals surface area contributed by atoms with Gasteiger partial charge in [-0.1, -0.05) is 0 Å². The zero-order valence-corrected chi connectivity index (χ0v) is 4.62. The Morgan fingerprint density at radius 1 is 1.12 bits per heavy atom. The van der Waals surface area contributed by atoms with Crippen molar-refractivity contribution in [2.45, 2.75) is 31.1 Å². The van der Waals surface area contributed by atoms with Gasteiger partial charge in [0, 0.05) is 6.04 Å². The smallest absolute Gasteiger partial charge is 0.0814 e. The van der Waals surface area contributed by atoms with Crippen LogP contribution in [0.15, 0.2) is 0 Å². The Morgan fingerprint density at radius 2 is 1.50 bits per heavy atom. The van der Waals surface area contributed by atoms with Crippen molar-refractivity contribution in [1.29, 1.82) is 0 Å². The standard InChI is InChI=1S/C5H11NO2/c6-3-1-4(7)5(8)2-3/h3-5,7-8H,1-2,6H2. The van der Waals surface area contributed by atoms with Crippen molar-refractivity contribution in [2.75, 3.05) is 0 Å². The third kappa shape index (κ3) is 0.992. The van der Waals surface area contributed by atoms with Crippen LogP contribution in [0.1, 0.15) is 12.8 Å². The highest BCUT2D eigenvalue weighted by Gasteiger charge is 2.28. The maximum absolute atomic E-state index is 8.84. The fraction of sp³-hybridized carbons (Fsp3) is 1.00. The van der Waals surface area contributed by atoms with Gasteiger partial charge in [0.1, 0.15) is 0 Å². The van der Waals surface area contributed by atoms with Crippen LogP contribution in [0, 0.1) is 0 Å². The van der Waals surface area contributed by atoms with E-state index >= 15 is 0 Å². The van der Waals surface area contributed by atoms with Crippen LogP contribution >= 0.6 is 0 Å². The second-order valence-corrected chi connectivity index (χ2v) is 2.37. The molecule has 0 saturated heterocycles. The van der Waals surface area contributed by atoms with Crippen molar-refractivity contribution in [2.24, 2.45) is 5.73 Å². The van der Waals surface area contributed by atoms with E-state index < -0.39 is 12.2 Å². The largest absolute Gasteiger partial charge is 0.390 e. The molecule has 1 fully saturated rings. The molecule has 4 N–H and O–H groups in total. The van der Waals surface area contributed by atoms with Crippen LogP contribution in [0.5, 0.6) is 0 Å². The average molecular weight is 117 g/mol. The first kappa shape index (κ1) is 6.01. The summed E-state index contributed by atoms with van der Waals surface area (Å²) in [5, 5.41) is 17.7. The van der Waals surface area contributed by atoms with Crippen molar-refractivity contribution < 1.29 is 10.2 Å². The minimum absolute atomic E-state index is 0.000000000000000444. The van der Waals surface area contributed by atoms with Gasteiger partial charge >= 0.3 is 0 Å². The van der Waals surface area contributed by atoms with Gasteiger partial charge in [-0.3, -0.25) is 0 Å². The number of aliphatic hydroxyl groups excluding tert-OH is 2. The molecular weight excluding hydrogens is 106 g/mol. The lowest BCUT2D eigenvalue weighted by Gasteiger charge is -2.02. The molecule has 1 aliphatic rings. The molecule has 3 heteroatoms. The van der Waals surface area contributed by atoms with E-state index in [1.807, 2.05) is 0 Å². The molecule has 0 aromatic heterocycles. The molecule has 0 aromatic rings. The molecule has 0 bridgehead atoms. The number of aliphatic hydroxyl groups is 2. The Balaban J connectivity index is 2.39. The van der Waals surface area contributed by atoms with Gasteiger partial charge in [0.05, 0.1) is 12.2 Å². The van der Waals surface area contributed by atoms with Gasteiger partial charge in [0.25, 0.3) is 0 Å². The summed E-state index contributed by atoms with van der Waals surface area (Å²) in [7, 11) is 0. The number of hydrogen-bond donors (Lipinski definition) is 3. The van der Waals surface area contributed by atoms with Crippen molar-refractivity contribution in [3.8, 4) is 0 Å². The molecule has 2 unspecified atom stereocenters. The van der Waals surface area contributed by atoms with E-state index in [1.165, 1.54) is 0 Å². The topological polar surface area (TPSA) is 66.5 Å². The van der Waals surface area contributed by atoms with E-state index in [0.29, 0.717) is 12.8 Å². The molecule has 48 valence electrons. The first-order valence-electron chi connectivity index (χ1n) is 2.82. The highest BCUT2D eigenvalue weighted by atomic mass is 16.3. The predicted octanol–water partition coefficient (Wildman–Crippen LogP) is -1.17. The van der Waals surface area contributed by atoms with Gasteiger partial charge in [0.15, 0.2) is 0 Å². The Bertz CT molecular complexity index is 76.5.